The molecule has 1 rings (SSSR count). The highest BCUT2D eigenvalue weighted by Crippen LogP contribution is 2.18. The van der Waals surface area contributed by atoms with Crippen LogP contribution in [0.4, 0.5) is 0 Å². The zero-order valence-electron chi connectivity index (χ0n) is 12.2. The SMILES string of the molecule is COCCNCC(=O)NCc1ccc(C)c(OC)c1.Cl. The number of benzene rings is 1. The first-order valence-electron chi connectivity index (χ1n) is 6.27. The summed E-state index contributed by atoms with van der Waals surface area (Å²) in [5, 5.41) is 5.84. The summed E-state index contributed by atoms with van der Waals surface area (Å²) >= 11 is 0. The van der Waals surface area contributed by atoms with Crippen molar-refractivity contribution in [3.8, 4) is 5.75 Å². The quantitative estimate of drug-likeness (QED) is 0.710. The highest BCUT2D eigenvalue weighted by Gasteiger charge is 2.03. The van der Waals surface area contributed by atoms with Crippen LogP contribution < -0.4 is 15.4 Å². The largest absolute Gasteiger partial charge is 0.496 e. The van der Waals surface area contributed by atoms with E-state index >= 15 is 0 Å². The van der Waals surface area contributed by atoms with E-state index in [1.54, 1.807) is 14.2 Å². The lowest BCUT2D eigenvalue weighted by Crippen LogP contribution is -2.34. The van der Waals surface area contributed by atoms with E-state index in [0.29, 0.717) is 26.2 Å². The van der Waals surface area contributed by atoms with Crippen molar-refractivity contribution in [2.24, 2.45) is 0 Å². The minimum atomic E-state index is -0.0318. The van der Waals surface area contributed by atoms with Crippen LogP contribution >= 0.6 is 12.4 Å². The van der Waals surface area contributed by atoms with Gasteiger partial charge < -0.3 is 20.1 Å². The zero-order chi connectivity index (χ0) is 14.1. The smallest absolute Gasteiger partial charge is 0.234 e. The molecule has 1 aromatic carbocycles. The molecule has 2 N–H and O–H groups in total. The normalized spacial score (nSPS) is 9.75. The number of ether oxygens (including phenoxy) is 2. The molecule has 0 bridgehead atoms. The van der Waals surface area contributed by atoms with Gasteiger partial charge >= 0.3 is 0 Å². The second-order valence-electron chi connectivity index (χ2n) is 4.25. The van der Waals surface area contributed by atoms with Gasteiger partial charge in [0.1, 0.15) is 5.75 Å². The molecule has 0 atom stereocenters. The van der Waals surface area contributed by atoms with Crippen LogP contribution in [0.1, 0.15) is 11.1 Å². The number of hydrogen-bond donors (Lipinski definition) is 2. The molecule has 114 valence electrons. The number of methoxy groups -OCH3 is 2. The first-order valence-corrected chi connectivity index (χ1v) is 6.27. The van der Waals surface area contributed by atoms with Crippen LogP contribution in [-0.4, -0.2) is 39.8 Å². The fourth-order valence-electron chi connectivity index (χ4n) is 1.61. The molecular formula is C14H23ClN2O3. The average Bonchev–Trinajstić information content (AvgIpc) is 2.42. The maximum absolute atomic E-state index is 11.6. The number of nitrogens with one attached hydrogen (secondary N) is 2. The number of halogens is 1. The van der Waals surface area contributed by atoms with Crippen molar-refractivity contribution in [2.45, 2.75) is 13.5 Å². The Morgan fingerprint density at radius 3 is 2.70 bits per heavy atom. The lowest BCUT2D eigenvalue weighted by atomic mass is 10.1. The molecule has 0 saturated carbocycles. The van der Waals surface area contributed by atoms with E-state index in [1.807, 2.05) is 25.1 Å². The minimum absolute atomic E-state index is 0. The molecule has 5 nitrogen and oxygen atoms in total. The summed E-state index contributed by atoms with van der Waals surface area (Å²) < 4.78 is 10.1. The molecule has 0 aliphatic rings. The molecule has 0 aliphatic heterocycles. The van der Waals surface area contributed by atoms with Crippen LogP contribution in [0, 0.1) is 6.92 Å². The fourth-order valence-corrected chi connectivity index (χ4v) is 1.61. The van der Waals surface area contributed by atoms with Crippen molar-refractivity contribution in [1.29, 1.82) is 0 Å². The van der Waals surface area contributed by atoms with Gasteiger partial charge in [-0.2, -0.15) is 0 Å². The van der Waals surface area contributed by atoms with E-state index in [9.17, 15) is 4.79 Å². The number of amides is 1. The van der Waals surface area contributed by atoms with Crippen molar-refractivity contribution in [3.63, 3.8) is 0 Å². The Morgan fingerprint density at radius 2 is 2.05 bits per heavy atom. The van der Waals surface area contributed by atoms with Crippen molar-refractivity contribution in [1.82, 2.24) is 10.6 Å². The zero-order valence-corrected chi connectivity index (χ0v) is 13.0. The predicted octanol–water partition coefficient (Wildman–Crippen LogP) is 1.28. The Hall–Kier alpha value is -1.30. The van der Waals surface area contributed by atoms with Crippen molar-refractivity contribution in [2.75, 3.05) is 33.9 Å². The van der Waals surface area contributed by atoms with E-state index in [0.717, 1.165) is 16.9 Å². The summed E-state index contributed by atoms with van der Waals surface area (Å²) in [6.07, 6.45) is 0. The van der Waals surface area contributed by atoms with Gasteiger partial charge in [-0.1, -0.05) is 12.1 Å². The second kappa shape index (κ2) is 10.5. The minimum Gasteiger partial charge on any atom is -0.496 e. The summed E-state index contributed by atoms with van der Waals surface area (Å²) in [6, 6.07) is 5.90. The van der Waals surface area contributed by atoms with Crippen LogP contribution in [-0.2, 0) is 16.1 Å². The van der Waals surface area contributed by atoms with Gasteiger partial charge in [0, 0.05) is 20.2 Å². The van der Waals surface area contributed by atoms with E-state index in [2.05, 4.69) is 10.6 Å². The third kappa shape index (κ3) is 6.75. The molecule has 20 heavy (non-hydrogen) atoms. The molecule has 0 saturated heterocycles. The highest BCUT2D eigenvalue weighted by atomic mass is 35.5. The number of hydrogen-bond acceptors (Lipinski definition) is 4. The van der Waals surface area contributed by atoms with E-state index in [4.69, 9.17) is 9.47 Å². The van der Waals surface area contributed by atoms with Crippen LogP contribution in [0.25, 0.3) is 0 Å². The van der Waals surface area contributed by atoms with Gasteiger partial charge in [0.25, 0.3) is 0 Å². The third-order valence-corrected chi connectivity index (χ3v) is 2.73. The lowest BCUT2D eigenvalue weighted by Gasteiger charge is -2.09. The lowest BCUT2D eigenvalue weighted by molar-refractivity contribution is -0.120. The van der Waals surface area contributed by atoms with E-state index < -0.39 is 0 Å². The van der Waals surface area contributed by atoms with Gasteiger partial charge in [-0.3, -0.25) is 4.79 Å². The molecule has 0 aliphatic carbocycles. The number of rotatable bonds is 8. The van der Waals surface area contributed by atoms with Crippen molar-refractivity contribution in [3.05, 3.63) is 29.3 Å². The maximum atomic E-state index is 11.6. The van der Waals surface area contributed by atoms with Crippen LogP contribution in [0.15, 0.2) is 18.2 Å². The Morgan fingerprint density at radius 1 is 1.30 bits per heavy atom. The van der Waals surface area contributed by atoms with Crippen LogP contribution in [0.5, 0.6) is 5.75 Å². The maximum Gasteiger partial charge on any atom is 0.234 e. The second-order valence-corrected chi connectivity index (χ2v) is 4.25. The average molecular weight is 303 g/mol. The van der Waals surface area contributed by atoms with Gasteiger partial charge in [0.15, 0.2) is 0 Å². The molecule has 0 radical (unpaired) electrons. The number of carbonyl (C=O) groups is 1. The highest BCUT2D eigenvalue weighted by molar-refractivity contribution is 5.85. The summed E-state index contributed by atoms with van der Waals surface area (Å²) in [6.45, 7) is 4.05. The van der Waals surface area contributed by atoms with Gasteiger partial charge in [-0.05, 0) is 24.1 Å². The molecule has 0 fully saturated rings. The third-order valence-electron chi connectivity index (χ3n) is 2.73. The topological polar surface area (TPSA) is 59.6 Å². The number of carbonyl (C=O) groups excluding carboxylic acids is 1. The molecule has 0 heterocycles. The Balaban J connectivity index is 0.00000361. The molecule has 1 aromatic rings. The van der Waals surface area contributed by atoms with Crippen molar-refractivity contribution < 1.29 is 14.3 Å². The Labute approximate surface area is 126 Å². The Kier molecular flexibility index (Phi) is 9.80. The van der Waals surface area contributed by atoms with Gasteiger partial charge in [-0.25, -0.2) is 0 Å². The van der Waals surface area contributed by atoms with Crippen LogP contribution in [0.2, 0.25) is 0 Å². The van der Waals surface area contributed by atoms with Crippen molar-refractivity contribution >= 4 is 18.3 Å². The predicted molar refractivity (Wildman–Crippen MR) is 81.6 cm³/mol. The van der Waals surface area contributed by atoms with Crippen LogP contribution in [0.3, 0.4) is 0 Å². The van der Waals surface area contributed by atoms with E-state index in [1.165, 1.54) is 0 Å². The monoisotopic (exact) mass is 302 g/mol. The Bertz CT molecular complexity index is 413. The number of aryl methyl sites for hydroxylation is 1. The standard InChI is InChI=1S/C14H22N2O3.ClH/c1-11-4-5-12(8-13(11)19-3)9-16-14(17)10-15-6-7-18-2;/h4-5,8,15H,6-7,9-10H2,1-3H3,(H,16,17);1H. The first-order chi connectivity index (χ1) is 9.17. The summed E-state index contributed by atoms with van der Waals surface area (Å²) in [4.78, 5) is 11.6. The van der Waals surface area contributed by atoms with Gasteiger partial charge in [-0.15, -0.1) is 12.4 Å². The van der Waals surface area contributed by atoms with Gasteiger partial charge in [0.2, 0.25) is 5.91 Å². The summed E-state index contributed by atoms with van der Waals surface area (Å²) in [5.41, 5.74) is 2.10. The molecular weight excluding hydrogens is 280 g/mol. The fraction of sp³-hybridized carbons (Fsp3) is 0.500. The molecule has 6 heteroatoms. The van der Waals surface area contributed by atoms with Gasteiger partial charge in [0.05, 0.1) is 20.3 Å². The first kappa shape index (κ1) is 18.7. The molecule has 0 aromatic heterocycles. The summed E-state index contributed by atoms with van der Waals surface area (Å²) in [5.74, 6) is 0.806. The molecule has 0 unspecified atom stereocenters. The molecule has 1 amide bonds. The summed E-state index contributed by atoms with van der Waals surface area (Å²) in [7, 11) is 3.27. The van der Waals surface area contributed by atoms with E-state index in [-0.39, 0.29) is 18.3 Å². The molecule has 0 spiro atoms.